The van der Waals surface area contributed by atoms with Gasteiger partial charge in [-0.05, 0) is 75.0 Å². The van der Waals surface area contributed by atoms with Gasteiger partial charge in [-0.25, -0.2) is 4.39 Å². The Bertz CT molecular complexity index is 835. The largest absolute Gasteiger partial charge is 0.368 e. The van der Waals surface area contributed by atoms with Gasteiger partial charge in [0.1, 0.15) is 5.82 Å². The van der Waals surface area contributed by atoms with Crippen molar-refractivity contribution in [3.05, 3.63) is 54.1 Å². The molecule has 1 amide bonds. The number of anilines is 2. The number of likely N-dealkylation sites (N-methyl/N-ethyl adjacent to an activating group) is 1. The van der Waals surface area contributed by atoms with Crippen LogP contribution in [0, 0.1) is 11.7 Å². The first kappa shape index (κ1) is 22.2. The van der Waals surface area contributed by atoms with Crippen LogP contribution in [0.2, 0.25) is 0 Å². The summed E-state index contributed by atoms with van der Waals surface area (Å²) < 4.78 is 13.5. The highest BCUT2D eigenvalue weighted by atomic mass is 19.1. The molecular formula is C24H33FN4O. The van der Waals surface area contributed by atoms with E-state index in [4.69, 9.17) is 0 Å². The number of carbonyl (C=O) groups is 1. The summed E-state index contributed by atoms with van der Waals surface area (Å²) in [7, 11) is 1.81. The lowest BCUT2D eigenvalue weighted by molar-refractivity contribution is -0.121. The number of halogens is 1. The van der Waals surface area contributed by atoms with E-state index in [1.54, 1.807) is 17.0 Å². The molecule has 1 unspecified atom stereocenters. The maximum absolute atomic E-state index is 13.5. The molecule has 0 spiro atoms. The van der Waals surface area contributed by atoms with E-state index in [1.807, 2.05) is 19.4 Å². The van der Waals surface area contributed by atoms with Crippen LogP contribution in [0.5, 0.6) is 0 Å². The van der Waals surface area contributed by atoms with E-state index in [1.165, 1.54) is 25.0 Å². The quantitative estimate of drug-likeness (QED) is 0.629. The van der Waals surface area contributed by atoms with Gasteiger partial charge < -0.3 is 15.1 Å². The molecule has 1 aliphatic carbocycles. The standard InChI is InChI=1S/C24H33FN4O/c1-5-28(20-10-11-20)22-13-18(14-27-15-22)16-29(21-8-6-19(25)7-9-21)24(30)23(26-4)12-17(2)3/h6-9,13-15,17,20,23,26H,5,10-12,16H2,1-4H3. The van der Waals surface area contributed by atoms with Crippen molar-refractivity contribution in [3.8, 4) is 0 Å². The van der Waals surface area contributed by atoms with Crippen molar-refractivity contribution < 1.29 is 9.18 Å². The van der Waals surface area contributed by atoms with Crippen molar-refractivity contribution in [1.29, 1.82) is 0 Å². The van der Waals surface area contributed by atoms with Gasteiger partial charge in [-0.2, -0.15) is 0 Å². The third kappa shape index (κ3) is 5.57. The molecule has 162 valence electrons. The fraction of sp³-hybridized carbons (Fsp3) is 0.500. The molecule has 1 saturated carbocycles. The number of amides is 1. The topological polar surface area (TPSA) is 48.5 Å². The molecule has 1 atom stereocenters. The first-order chi connectivity index (χ1) is 14.4. The molecule has 30 heavy (non-hydrogen) atoms. The smallest absolute Gasteiger partial charge is 0.244 e. The van der Waals surface area contributed by atoms with Crippen LogP contribution in [0.15, 0.2) is 42.7 Å². The zero-order valence-electron chi connectivity index (χ0n) is 18.4. The first-order valence-corrected chi connectivity index (χ1v) is 10.9. The van der Waals surface area contributed by atoms with Gasteiger partial charge in [0.05, 0.1) is 24.5 Å². The summed E-state index contributed by atoms with van der Waals surface area (Å²) in [6, 6.07) is 8.53. The highest BCUT2D eigenvalue weighted by molar-refractivity contribution is 5.97. The van der Waals surface area contributed by atoms with Gasteiger partial charge in [-0.15, -0.1) is 0 Å². The molecule has 2 aromatic rings. The van der Waals surface area contributed by atoms with Gasteiger partial charge in [-0.3, -0.25) is 9.78 Å². The van der Waals surface area contributed by atoms with E-state index in [2.05, 4.69) is 42.0 Å². The molecule has 3 rings (SSSR count). The van der Waals surface area contributed by atoms with Crippen LogP contribution >= 0.6 is 0 Å². The number of rotatable bonds is 10. The number of nitrogens with one attached hydrogen (secondary N) is 1. The molecule has 1 aliphatic rings. The van der Waals surface area contributed by atoms with E-state index in [-0.39, 0.29) is 17.8 Å². The van der Waals surface area contributed by atoms with E-state index >= 15 is 0 Å². The molecule has 0 aliphatic heterocycles. The molecule has 5 nitrogen and oxygen atoms in total. The minimum absolute atomic E-state index is 0.0160. The molecular weight excluding hydrogens is 379 g/mol. The van der Waals surface area contributed by atoms with Gasteiger partial charge in [0.25, 0.3) is 0 Å². The Kier molecular flexibility index (Phi) is 7.43. The van der Waals surface area contributed by atoms with Crippen LogP contribution in [0.25, 0.3) is 0 Å². The minimum Gasteiger partial charge on any atom is -0.368 e. The molecule has 0 saturated heterocycles. The molecule has 1 fully saturated rings. The molecule has 1 heterocycles. The van der Waals surface area contributed by atoms with Crippen LogP contribution < -0.4 is 15.1 Å². The minimum atomic E-state index is -0.315. The van der Waals surface area contributed by atoms with Crippen molar-refractivity contribution in [1.82, 2.24) is 10.3 Å². The van der Waals surface area contributed by atoms with E-state index in [0.29, 0.717) is 24.2 Å². The van der Waals surface area contributed by atoms with Crippen LogP contribution in [-0.4, -0.2) is 36.6 Å². The summed E-state index contributed by atoms with van der Waals surface area (Å²) in [6.45, 7) is 7.69. The van der Waals surface area contributed by atoms with Crippen LogP contribution in [0.1, 0.15) is 45.6 Å². The lowest BCUT2D eigenvalue weighted by Gasteiger charge is -2.29. The SMILES string of the molecule is CCN(c1cncc(CN(C(=O)C(CC(C)C)NC)c2ccc(F)cc2)c1)C1CC1. The number of benzene rings is 1. The number of pyridine rings is 1. The lowest BCUT2D eigenvalue weighted by Crippen LogP contribution is -2.46. The predicted octanol–water partition coefficient (Wildman–Crippen LogP) is 4.38. The first-order valence-electron chi connectivity index (χ1n) is 10.9. The summed E-state index contributed by atoms with van der Waals surface area (Å²) in [5, 5.41) is 3.15. The molecule has 1 aromatic carbocycles. The fourth-order valence-electron chi connectivity index (χ4n) is 3.86. The third-order valence-electron chi connectivity index (χ3n) is 5.54. The van der Waals surface area contributed by atoms with Gasteiger partial charge >= 0.3 is 0 Å². The van der Waals surface area contributed by atoms with Crippen molar-refractivity contribution in [2.24, 2.45) is 5.92 Å². The summed E-state index contributed by atoms with van der Waals surface area (Å²) in [5.74, 6) is 0.0473. The highest BCUT2D eigenvalue weighted by Crippen LogP contribution is 2.31. The third-order valence-corrected chi connectivity index (χ3v) is 5.54. The second-order valence-corrected chi connectivity index (χ2v) is 8.44. The second-order valence-electron chi connectivity index (χ2n) is 8.44. The van der Waals surface area contributed by atoms with E-state index in [0.717, 1.165) is 24.2 Å². The molecule has 1 aromatic heterocycles. The van der Waals surface area contributed by atoms with Crippen molar-refractivity contribution in [2.75, 3.05) is 23.4 Å². The maximum atomic E-state index is 13.5. The zero-order valence-corrected chi connectivity index (χ0v) is 18.4. The number of hydrogen-bond acceptors (Lipinski definition) is 4. The molecule has 1 N–H and O–H groups in total. The van der Waals surface area contributed by atoms with Gasteiger partial charge in [0.15, 0.2) is 0 Å². The van der Waals surface area contributed by atoms with Crippen LogP contribution in [0.3, 0.4) is 0 Å². The Morgan fingerprint density at radius 2 is 1.90 bits per heavy atom. The number of nitrogens with zero attached hydrogens (tertiary/aromatic N) is 3. The normalized spacial score (nSPS) is 14.6. The van der Waals surface area contributed by atoms with Crippen LogP contribution in [0.4, 0.5) is 15.8 Å². The Morgan fingerprint density at radius 1 is 1.20 bits per heavy atom. The highest BCUT2D eigenvalue weighted by Gasteiger charge is 2.29. The maximum Gasteiger partial charge on any atom is 0.244 e. The monoisotopic (exact) mass is 412 g/mol. The summed E-state index contributed by atoms with van der Waals surface area (Å²) in [6.07, 6.45) is 6.88. The van der Waals surface area contributed by atoms with Crippen molar-refractivity contribution in [3.63, 3.8) is 0 Å². The second kappa shape index (κ2) is 10.0. The average Bonchev–Trinajstić information content (AvgIpc) is 3.56. The fourth-order valence-corrected chi connectivity index (χ4v) is 3.86. The van der Waals surface area contributed by atoms with Crippen molar-refractivity contribution >= 4 is 17.3 Å². The molecule has 0 bridgehead atoms. The molecule has 6 heteroatoms. The summed E-state index contributed by atoms with van der Waals surface area (Å²) >= 11 is 0. The summed E-state index contributed by atoms with van der Waals surface area (Å²) in [5.41, 5.74) is 2.74. The van der Waals surface area contributed by atoms with Gasteiger partial charge in [0, 0.05) is 24.5 Å². The van der Waals surface area contributed by atoms with Gasteiger partial charge in [-0.1, -0.05) is 13.8 Å². The number of carbonyl (C=O) groups excluding carboxylic acids is 1. The average molecular weight is 413 g/mol. The zero-order chi connectivity index (χ0) is 21.7. The Labute approximate surface area is 179 Å². The Balaban J connectivity index is 1.89. The van der Waals surface area contributed by atoms with Crippen molar-refractivity contribution in [2.45, 2.75) is 58.7 Å². The predicted molar refractivity (Wildman–Crippen MR) is 120 cm³/mol. The van der Waals surface area contributed by atoms with Gasteiger partial charge in [0.2, 0.25) is 5.91 Å². The summed E-state index contributed by atoms with van der Waals surface area (Å²) in [4.78, 5) is 22.0. The van der Waals surface area contributed by atoms with E-state index in [9.17, 15) is 9.18 Å². The lowest BCUT2D eigenvalue weighted by atomic mass is 10.0. The number of aromatic nitrogens is 1. The van der Waals surface area contributed by atoms with E-state index < -0.39 is 0 Å². The number of hydrogen-bond donors (Lipinski definition) is 1. The Morgan fingerprint density at radius 3 is 2.47 bits per heavy atom. The molecule has 0 radical (unpaired) electrons. The van der Waals surface area contributed by atoms with Crippen LogP contribution in [-0.2, 0) is 11.3 Å². The Hall–Kier alpha value is -2.47.